The summed E-state index contributed by atoms with van der Waals surface area (Å²) >= 11 is 0. The molecule has 1 amide bonds. The molecule has 1 fully saturated rings. The van der Waals surface area contributed by atoms with Crippen LogP contribution in [0.1, 0.15) is 37.1 Å². The summed E-state index contributed by atoms with van der Waals surface area (Å²) < 4.78 is 11.6. The summed E-state index contributed by atoms with van der Waals surface area (Å²) in [5.74, 6) is -1.75. The van der Waals surface area contributed by atoms with Gasteiger partial charge >= 0.3 is 5.97 Å². The highest BCUT2D eigenvalue weighted by molar-refractivity contribution is 5.88. The van der Waals surface area contributed by atoms with Crippen molar-refractivity contribution in [2.24, 2.45) is 17.4 Å². The summed E-state index contributed by atoms with van der Waals surface area (Å²) in [6.07, 6.45) is -2.88. The van der Waals surface area contributed by atoms with Crippen LogP contribution in [-0.4, -0.2) is 67.8 Å². The highest BCUT2D eigenvalue weighted by atomic mass is 16.6. The average molecular weight is 357 g/mol. The smallest absolute Gasteiger partial charge is 0.323 e. The number of hydrogen-bond donors (Lipinski definition) is 4. The summed E-state index contributed by atoms with van der Waals surface area (Å²) in [6.45, 7) is 3.45. The zero-order chi connectivity index (χ0) is 18.7. The topological polar surface area (TPSA) is 176 Å². The number of aliphatic hydroxyl groups is 2. The van der Waals surface area contributed by atoms with Crippen molar-refractivity contribution < 1.29 is 29.3 Å². The number of ether oxygens (including phenoxy) is 2. The number of amides is 1. The Morgan fingerprint density at radius 3 is 2.68 bits per heavy atom. The first-order valence-corrected chi connectivity index (χ1v) is 7.91. The Balaban J connectivity index is 1.97. The van der Waals surface area contributed by atoms with Crippen molar-refractivity contribution in [1.82, 2.24) is 14.8 Å². The van der Waals surface area contributed by atoms with E-state index in [1.807, 2.05) is 13.8 Å². The van der Waals surface area contributed by atoms with E-state index in [0.717, 1.165) is 11.0 Å². The third-order valence-electron chi connectivity index (χ3n) is 4.25. The minimum Gasteiger partial charge on any atom is -0.462 e. The van der Waals surface area contributed by atoms with Crippen LogP contribution in [-0.2, 0) is 14.3 Å². The number of nitrogens with two attached hydrogens (primary N) is 2. The van der Waals surface area contributed by atoms with E-state index in [0.29, 0.717) is 6.42 Å². The molecule has 0 radical (unpaired) electrons. The van der Waals surface area contributed by atoms with Crippen LogP contribution in [0.15, 0.2) is 6.33 Å². The molecule has 25 heavy (non-hydrogen) atoms. The summed E-state index contributed by atoms with van der Waals surface area (Å²) in [7, 11) is 0. The van der Waals surface area contributed by atoms with Crippen molar-refractivity contribution in [2.75, 3.05) is 6.61 Å². The van der Waals surface area contributed by atoms with Gasteiger partial charge in [-0.3, -0.25) is 9.59 Å². The first kappa shape index (κ1) is 19.2. The van der Waals surface area contributed by atoms with Crippen LogP contribution in [0.5, 0.6) is 0 Å². The molecule has 0 aromatic carbocycles. The van der Waals surface area contributed by atoms with Crippen LogP contribution >= 0.6 is 0 Å². The molecule has 140 valence electrons. The molecular formula is C14H23N5O6. The fourth-order valence-electron chi connectivity index (χ4n) is 2.34. The van der Waals surface area contributed by atoms with Crippen LogP contribution in [0.25, 0.3) is 0 Å². The number of carbonyl (C=O) groups is 2. The lowest BCUT2D eigenvalue weighted by Crippen LogP contribution is -2.40. The molecule has 1 aliphatic rings. The number of hydrogen-bond acceptors (Lipinski definition) is 9. The second-order valence-corrected chi connectivity index (χ2v) is 6.00. The van der Waals surface area contributed by atoms with E-state index < -0.39 is 42.5 Å². The fraction of sp³-hybridized carbons (Fsp3) is 0.714. The number of carbonyl (C=O) groups excluding carboxylic acids is 2. The average Bonchev–Trinajstić information content (AvgIpc) is 3.18. The van der Waals surface area contributed by atoms with Gasteiger partial charge in [0.25, 0.3) is 5.91 Å². The van der Waals surface area contributed by atoms with Crippen molar-refractivity contribution in [3.8, 4) is 0 Å². The maximum Gasteiger partial charge on any atom is 0.323 e. The molecule has 1 aromatic heterocycles. The SMILES string of the molecule is CC[C@H](C)[C@H](N)C(=O)OCC1OC(n2cnc(C(N)=O)n2)[C@H](O)[C@@H]1O. The van der Waals surface area contributed by atoms with Gasteiger partial charge in [0.2, 0.25) is 5.82 Å². The standard InChI is InChI=1S/C14H23N5O6/c1-3-6(2)8(15)14(23)24-4-7-9(20)10(21)13(25-7)19-5-17-12(18-19)11(16)22/h5-10,13,20-21H,3-4,15H2,1-2H3,(H2,16,22)/t6-,7?,8-,9+,10+,13?/m0/s1. The van der Waals surface area contributed by atoms with Gasteiger partial charge in [-0.15, -0.1) is 5.10 Å². The molecule has 0 spiro atoms. The van der Waals surface area contributed by atoms with E-state index in [2.05, 4.69) is 10.1 Å². The predicted octanol–water partition coefficient (Wildman–Crippen LogP) is -2.09. The number of esters is 1. The Labute approximate surface area is 143 Å². The highest BCUT2D eigenvalue weighted by Gasteiger charge is 2.45. The first-order valence-electron chi connectivity index (χ1n) is 7.91. The lowest BCUT2D eigenvalue weighted by atomic mass is 10.0. The van der Waals surface area contributed by atoms with Gasteiger partial charge in [-0.05, 0) is 5.92 Å². The molecule has 1 aromatic rings. The van der Waals surface area contributed by atoms with Crippen molar-refractivity contribution in [1.29, 1.82) is 0 Å². The number of rotatable bonds is 7. The zero-order valence-corrected chi connectivity index (χ0v) is 14.0. The number of aromatic nitrogens is 3. The van der Waals surface area contributed by atoms with Gasteiger partial charge in [-0.2, -0.15) is 0 Å². The Morgan fingerprint density at radius 2 is 2.12 bits per heavy atom. The summed E-state index contributed by atoms with van der Waals surface area (Å²) in [5, 5.41) is 23.9. The molecule has 6 N–H and O–H groups in total. The summed E-state index contributed by atoms with van der Waals surface area (Å²) in [4.78, 5) is 26.6. The first-order chi connectivity index (χ1) is 11.8. The molecule has 0 saturated carbocycles. The normalized spacial score (nSPS) is 28.5. The minimum atomic E-state index is -1.35. The molecular weight excluding hydrogens is 334 g/mol. The third kappa shape index (κ3) is 4.12. The van der Waals surface area contributed by atoms with Crippen molar-refractivity contribution >= 4 is 11.9 Å². The maximum atomic E-state index is 11.9. The summed E-state index contributed by atoms with van der Waals surface area (Å²) in [6, 6.07) is -0.780. The van der Waals surface area contributed by atoms with Gasteiger partial charge < -0.3 is 31.2 Å². The lowest BCUT2D eigenvalue weighted by Gasteiger charge is -2.19. The highest BCUT2D eigenvalue weighted by Crippen LogP contribution is 2.29. The van der Waals surface area contributed by atoms with E-state index in [-0.39, 0.29) is 18.3 Å². The van der Waals surface area contributed by atoms with Gasteiger partial charge in [0.15, 0.2) is 6.23 Å². The maximum absolute atomic E-state index is 11.9. The van der Waals surface area contributed by atoms with Crippen LogP contribution in [0.3, 0.4) is 0 Å². The molecule has 0 bridgehead atoms. The molecule has 2 unspecified atom stereocenters. The van der Waals surface area contributed by atoms with Gasteiger partial charge in [0.1, 0.15) is 37.3 Å². The zero-order valence-electron chi connectivity index (χ0n) is 14.0. The minimum absolute atomic E-state index is 0.0531. The van der Waals surface area contributed by atoms with E-state index >= 15 is 0 Å². The van der Waals surface area contributed by atoms with Crippen LogP contribution in [0.4, 0.5) is 0 Å². The molecule has 2 rings (SSSR count). The van der Waals surface area contributed by atoms with Gasteiger partial charge in [-0.1, -0.05) is 20.3 Å². The van der Waals surface area contributed by atoms with Crippen LogP contribution < -0.4 is 11.5 Å². The molecule has 11 nitrogen and oxygen atoms in total. The van der Waals surface area contributed by atoms with Gasteiger partial charge in [0.05, 0.1) is 0 Å². The van der Waals surface area contributed by atoms with Gasteiger partial charge in [-0.25, -0.2) is 9.67 Å². The second kappa shape index (κ2) is 7.87. The van der Waals surface area contributed by atoms with Gasteiger partial charge in [0, 0.05) is 0 Å². The Kier molecular flexibility index (Phi) is 6.06. The molecule has 2 heterocycles. The van der Waals surface area contributed by atoms with Crippen LogP contribution in [0, 0.1) is 5.92 Å². The lowest BCUT2D eigenvalue weighted by molar-refractivity contribution is -0.153. The quantitative estimate of drug-likeness (QED) is 0.399. The predicted molar refractivity (Wildman–Crippen MR) is 82.9 cm³/mol. The molecule has 1 saturated heterocycles. The molecule has 6 atom stereocenters. The fourth-order valence-corrected chi connectivity index (χ4v) is 2.34. The number of nitrogens with zero attached hydrogens (tertiary/aromatic N) is 3. The monoisotopic (exact) mass is 357 g/mol. The Hall–Kier alpha value is -2.08. The van der Waals surface area contributed by atoms with E-state index in [4.69, 9.17) is 20.9 Å². The molecule has 1 aliphatic heterocycles. The van der Waals surface area contributed by atoms with Crippen molar-refractivity contribution in [2.45, 2.75) is 50.8 Å². The number of primary amides is 1. The second-order valence-electron chi connectivity index (χ2n) is 6.00. The summed E-state index contributed by atoms with van der Waals surface area (Å²) in [5.41, 5.74) is 10.8. The third-order valence-corrected chi connectivity index (χ3v) is 4.25. The van der Waals surface area contributed by atoms with Crippen LogP contribution in [0.2, 0.25) is 0 Å². The Bertz CT molecular complexity index is 623. The number of aliphatic hydroxyl groups excluding tert-OH is 2. The van der Waals surface area contributed by atoms with E-state index in [1.54, 1.807) is 0 Å². The van der Waals surface area contributed by atoms with Crippen molar-refractivity contribution in [3.63, 3.8) is 0 Å². The van der Waals surface area contributed by atoms with E-state index in [1.165, 1.54) is 0 Å². The molecule has 11 heteroatoms. The Morgan fingerprint density at radius 1 is 1.44 bits per heavy atom. The molecule has 0 aliphatic carbocycles. The van der Waals surface area contributed by atoms with Crippen molar-refractivity contribution in [3.05, 3.63) is 12.2 Å². The van der Waals surface area contributed by atoms with E-state index in [9.17, 15) is 19.8 Å². The largest absolute Gasteiger partial charge is 0.462 e.